The van der Waals surface area contributed by atoms with E-state index in [-0.39, 0.29) is 1.43 Å². The van der Waals surface area contributed by atoms with E-state index in [2.05, 4.69) is 35.0 Å². The summed E-state index contributed by atoms with van der Waals surface area (Å²) in [6.07, 6.45) is 5.95. The monoisotopic (exact) mass is 299 g/mol. The first-order valence-electron chi connectivity index (χ1n) is 6.94. The highest BCUT2D eigenvalue weighted by Crippen LogP contribution is 2.28. The summed E-state index contributed by atoms with van der Waals surface area (Å²) in [5, 5.41) is 0. The van der Waals surface area contributed by atoms with Crippen LogP contribution in [0.15, 0.2) is 35.6 Å². The predicted octanol–water partition coefficient (Wildman–Crippen LogP) is 3.78. The average Bonchev–Trinajstić information content (AvgIpc) is 2.42. The van der Waals surface area contributed by atoms with E-state index in [1.165, 1.54) is 5.56 Å². The van der Waals surface area contributed by atoms with Gasteiger partial charge in [0.2, 0.25) is 0 Å². The molecule has 2 rings (SSSR count). The normalized spacial score (nSPS) is 11.3. The van der Waals surface area contributed by atoms with Gasteiger partial charge in [-0.15, -0.1) is 0 Å². The Hall–Kier alpha value is -2.01. The molecule has 1 aromatic heterocycles. The molecule has 1 radical (unpaired) electrons. The standard InChI is InChI=1S/C16H20N3OSi/c1-12-5-6-15(16(11-12)20-21(3)4)18-8-7-14-13(2)17-9-10-19-14/h5-6,8-11H,7H2,1-4H3/p+1. The van der Waals surface area contributed by atoms with E-state index in [1.807, 2.05) is 31.3 Å². The molecule has 0 saturated carbocycles. The number of hydrogen-bond acceptors (Lipinski definition) is 4. The fourth-order valence-corrected chi connectivity index (χ4v) is 2.50. The molecule has 0 aliphatic rings. The highest BCUT2D eigenvalue weighted by molar-refractivity contribution is 6.49. The van der Waals surface area contributed by atoms with Crippen molar-refractivity contribution in [3.05, 3.63) is 47.5 Å². The number of benzene rings is 1. The number of aliphatic imine (C=N–C) groups is 1. The second-order valence-corrected chi connectivity index (χ2v) is 7.11. The maximum absolute atomic E-state index is 5.91. The van der Waals surface area contributed by atoms with Crippen molar-refractivity contribution < 1.29 is 5.85 Å². The van der Waals surface area contributed by atoms with Gasteiger partial charge in [0.15, 0.2) is 0 Å². The molecule has 5 heteroatoms. The minimum atomic E-state index is -0.805. The zero-order valence-corrected chi connectivity index (χ0v) is 13.9. The lowest BCUT2D eigenvalue weighted by atomic mass is 10.2. The predicted molar refractivity (Wildman–Crippen MR) is 89.0 cm³/mol. The molecule has 0 aliphatic carbocycles. The van der Waals surface area contributed by atoms with Crippen molar-refractivity contribution in [2.24, 2.45) is 4.99 Å². The van der Waals surface area contributed by atoms with Gasteiger partial charge in [-0.25, -0.2) is 0 Å². The largest absolute Gasteiger partial charge is 1.00 e. The van der Waals surface area contributed by atoms with Gasteiger partial charge in [0.05, 0.1) is 11.4 Å². The summed E-state index contributed by atoms with van der Waals surface area (Å²) in [6, 6.07) is 6.08. The highest BCUT2D eigenvalue weighted by Gasteiger charge is 2.06. The molecule has 109 valence electrons. The van der Waals surface area contributed by atoms with Crippen LogP contribution in [0, 0.1) is 13.8 Å². The van der Waals surface area contributed by atoms with Crippen LogP contribution < -0.4 is 4.43 Å². The van der Waals surface area contributed by atoms with Gasteiger partial charge in [0, 0.05) is 25.0 Å². The molecule has 0 bridgehead atoms. The minimum absolute atomic E-state index is 0. The third-order valence-corrected chi connectivity index (χ3v) is 3.56. The van der Waals surface area contributed by atoms with Gasteiger partial charge in [0.25, 0.3) is 9.04 Å². The molecular formula is C16H21N3OSi+. The van der Waals surface area contributed by atoms with E-state index in [0.29, 0.717) is 6.42 Å². The van der Waals surface area contributed by atoms with Crippen molar-refractivity contribution in [1.29, 1.82) is 0 Å². The lowest BCUT2D eigenvalue weighted by Crippen LogP contribution is -2.11. The Bertz CT molecular complexity index is 647. The summed E-state index contributed by atoms with van der Waals surface area (Å²) in [5.41, 5.74) is 3.94. The smallest absolute Gasteiger partial charge is 0.541 e. The first kappa shape index (κ1) is 15.4. The van der Waals surface area contributed by atoms with E-state index in [4.69, 9.17) is 4.43 Å². The molecule has 2 aromatic rings. The molecule has 1 aromatic carbocycles. The molecule has 0 saturated heterocycles. The van der Waals surface area contributed by atoms with Crippen LogP contribution in [0.25, 0.3) is 0 Å². The molecule has 21 heavy (non-hydrogen) atoms. The summed E-state index contributed by atoms with van der Waals surface area (Å²) in [7, 11) is -0.805. The van der Waals surface area contributed by atoms with Crippen LogP contribution in [-0.2, 0) is 6.42 Å². The molecular weight excluding hydrogens is 278 g/mol. The van der Waals surface area contributed by atoms with Crippen molar-refractivity contribution in [3.63, 3.8) is 0 Å². The average molecular weight is 299 g/mol. The zero-order chi connectivity index (χ0) is 15.2. The Morgan fingerprint density at radius 2 is 2.00 bits per heavy atom. The lowest BCUT2D eigenvalue weighted by molar-refractivity contribution is 0.581. The van der Waals surface area contributed by atoms with E-state index >= 15 is 0 Å². The van der Waals surface area contributed by atoms with Crippen LogP contribution in [0.1, 0.15) is 18.4 Å². The molecule has 0 atom stereocenters. The molecule has 0 fully saturated rings. The zero-order valence-electron chi connectivity index (χ0n) is 13.9. The van der Waals surface area contributed by atoms with Gasteiger partial charge < -0.3 is 4.43 Å². The van der Waals surface area contributed by atoms with E-state index in [0.717, 1.165) is 22.8 Å². The van der Waals surface area contributed by atoms with Crippen LogP contribution >= 0.6 is 0 Å². The van der Waals surface area contributed by atoms with Gasteiger partial charge in [-0.2, -0.15) is 0 Å². The number of nitrogens with zero attached hydrogens (tertiary/aromatic N) is 3. The van der Waals surface area contributed by atoms with Crippen molar-refractivity contribution >= 4 is 20.9 Å². The van der Waals surface area contributed by atoms with Crippen LogP contribution in [0.4, 0.5) is 5.69 Å². The summed E-state index contributed by atoms with van der Waals surface area (Å²) in [4.78, 5) is 13.1. The Labute approximate surface area is 129 Å². The summed E-state index contributed by atoms with van der Waals surface area (Å²) >= 11 is 0. The Morgan fingerprint density at radius 3 is 2.71 bits per heavy atom. The highest BCUT2D eigenvalue weighted by atomic mass is 28.3. The minimum Gasteiger partial charge on any atom is -0.541 e. The Morgan fingerprint density at radius 1 is 1.24 bits per heavy atom. The number of aryl methyl sites for hydroxylation is 2. The van der Waals surface area contributed by atoms with Gasteiger partial charge in [-0.05, 0) is 44.6 Å². The van der Waals surface area contributed by atoms with Crippen LogP contribution in [0.5, 0.6) is 5.75 Å². The van der Waals surface area contributed by atoms with E-state index in [9.17, 15) is 0 Å². The second-order valence-electron chi connectivity index (χ2n) is 5.09. The molecule has 0 spiro atoms. The molecule has 0 aliphatic heterocycles. The third-order valence-electron chi connectivity index (χ3n) is 2.93. The quantitative estimate of drug-likeness (QED) is 0.623. The number of aromatic nitrogens is 2. The van der Waals surface area contributed by atoms with Gasteiger partial charge in [-0.3, -0.25) is 15.0 Å². The fraction of sp³-hybridized carbons (Fsp3) is 0.312. The summed E-state index contributed by atoms with van der Waals surface area (Å²) in [6.45, 7) is 8.24. The SMILES string of the molecule is Cc1ccc(N=CCc2nccnc2C)c(O[Si](C)C)c1.[H+]. The first-order chi connectivity index (χ1) is 10.1. The Balaban J connectivity index is 0.00000242. The lowest BCUT2D eigenvalue weighted by Gasteiger charge is -2.11. The van der Waals surface area contributed by atoms with Gasteiger partial charge in [0.1, 0.15) is 11.4 Å². The maximum atomic E-state index is 5.91. The second kappa shape index (κ2) is 7.13. The summed E-state index contributed by atoms with van der Waals surface area (Å²) < 4.78 is 5.91. The Kier molecular flexibility index (Phi) is 5.22. The van der Waals surface area contributed by atoms with Crippen LogP contribution in [0.2, 0.25) is 13.1 Å². The molecule has 0 N–H and O–H groups in total. The first-order valence-corrected chi connectivity index (χ1v) is 9.35. The van der Waals surface area contributed by atoms with Crippen molar-refractivity contribution in [2.45, 2.75) is 33.4 Å². The maximum Gasteiger partial charge on any atom is 1.00 e. The van der Waals surface area contributed by atoms with Crippen molar-refractivity contribution in [3.8, 4) is 5.75 Å². The summed E-state index contributed by atoms with van der Waals surface area (Å²) in [5.74, 6) is 0.862. The van der Waals surface area contributed by atoms with Crippen molar-refractivity contribution in [2.75, 3.05) is 0 Å². The van der Waals surface area contributed by atoms with E-state index < -0.39 is 9.04 Å². The number of rotatable bonds is 5. The molecule has 0 amide bonds. The van der Waals surface area contributed by atoms with Crippen LogP contribution in [0.3, 0.4) is 0 Å². The third kappa shape index (κ3) is 4.49. The topological polar surface area (TPSA) is 47.4 Å². The number of hydrogen-bond donors (Lipinski definition) is 0. The van der Waals surface area contributed by atoms with Gasteiger partial charge >= 0.3 is 1.43 Å². The molecule has 1 heterocycles. The molecule has 0 unspecified atom stereocenters. The van der Waals surface area contributed by atoms with Crippen LogP contribution in [-0.4, -0.2) is 25.2 Å². The van der Waals surface area contributed by atoms with Crippen molar-refractivity contribution in [1.82, 2.24) is 9.97 Å². The fourth-order valence-electron chi connectivity index (χ4n) is 1.90. The van der Waals surface area contributed by atoms with E-state index in [1.54, 1.807) is 12.4 Å². The van der Waals surface area contributed by atoms with Gasteiger partial charge in [-0.1, -0.05) is 6.07 Å². The molecule has 4 nitrogen and oxygen atoms in total.